The van der Waals surface area contributed by atoms with Crippen molar-refractivity contribution in [3.8, 4) is 11.6 Å². The molecule has 0 unspecified atom stereocenters. The maximum Gasteiger partial charge on any atom is 0.276 e. The minimum absolute atomic E-state index is 0.397. The lowest BCUT2D eigenvalue weighted by atomic mass is 10.3. The molecule has 0 saturated carbocycles. The predicted molar refractivity (Wildman–Crippen MR) is 64.2 cm³/mol. The normalized spacial score (nSPS) is 11.1. The Morgan fingerprint density at radius 3 is 2.82 bits per heavy atom. The largest absolute Gasteiger partial charge is 0.332 e. The highest BCUT2D eigenvalue weighted by molar-refractivity contribution is 5.46. The lowest BCUT2D eigenvalue weighted by Gasteiger charge is -2.03. The van der Waals surface area contributed by atoms with E-state index in [1.165, 1.54) is 0 Å². The molecular weight excluding hydrogens is 216 g/mol. The molecule has 0 saturated heterocycles. The fourth-order valence-electron chi connectivity index (χ4n) is 1.39. The van der Waals surface area contributed by atoms with Crippen molar-refractivity contribution < 1.29 is 4.52 Å². The van der Waals surface area contributed by atoms with Crippen LogP contribution in [0, 0.1) is 6.92 Å². The Morgan fingerprint density at radius 1 is 1.29 bits per heavy atom. The quantitative estimate of drug-likeness (QED) is 0.872. The van der Waals surface area contributed by atoms with Crippen molar-refractivity contribution in [2.45, 2.75) is 33.4 Å². The summed E-state index contributed by atoms with van der Waals surface area (Å²) in [6.07, 6.45) is 0. The Balaban J connectivity index is 2.12. The number of hydrogen-bond acceptors (Lipinski definition) is 5. The molecule has 17 heavy (non-hydrogen) atoms. The van der Waals surface area contributed by atoms with Gasteiger partial charge >= 0.3 is 0 Å². The molecule has 0 radical (unpaired) electrons. The topological polar surface area (TPSA) is 63.8 Å². The van der Waals surface area contributed by atoms with Gasteiger partial charge in [-0.15, -0.1) is 0 Å². The maximum absolute atomic E-state index is 5.17. The van der Waals surface area contributed by atoms with Crippen molar-refractivity contribution in [3.05, 3.63) is 29.7 Å². The van der Waals surface area contributed by atoms with Crippen LogP contribution in [0.3, 0.4) is 0 Å². The van der Waals surface area contributed by atoms with Crippen LogP contribution in [0.4, 0.5) is 0 Å². The zero-order valence-corrected chi connectivity index (χ0v) is 10.3. The average Bonchev–Trinajstić information content (AvgIpc) is 2.75. The van der Waals surface area contributed by atoms with Crippen LogP contribution in [0.25, 0.3) is 11.6 Å². The fraction of sp³-hybridized carbons (Fsp3) is 0.417. The first-order valence-corrected chi connectivity index (χ1v) is 5.65. The summed E-state index contributed by atoms with van der Waals surface area (Å²) in [5.74, 6) is 1.12. The minimum atomic E-state index is 0.397. The second-order valence-corrected chi connectivity index (χ2v) is 4.22. The number of aromatic nitrogens is 3. The van der Waals surface area contributed by atoms with Crippen LogP contribution in [-0.2, 0) is 6.54 Å². The molecule has 2 aromatic heterocycles. The van der Waals surface area contributed by atoms with E-state index in [0.29, 0.717) is 30.0 Å². The second kappa shape index (κ2) is 5.05. The number of aryl methyl sites for hydroxylation is 1. The minimum Gasteiger partial charge on any atom is -0.332 e. The molecule has 0 aromatic carbocycles. The van der Waals surface area contributed by atoms with Crippen molar-refractivity contribution in [1.82, 2.24) is 20.4 Å². The molecule has 0 atom stereocenters. The van der Waals surface area contributed by atoms with Crippen LogP contribution < -0.4 is 5.32 Å². The summed E-state index contributed by atoms with van der Waals surface area (Å²) in [4.78, 5) is 8.63. The van der Waals surface area contributed by atoms with Gasteiger partial charge in [-0.25, -0.2) is 4.98 Å². The van der Waals surface area contributed by atoms with Crippen LogP contribution in [0.15, 0.2) is 22.7 Å². The molecular formula is C12H16N4O. The first kappa shape index (κ1) is 11.7. The van der Waals surface area contributed by atoms with Gasteiger partial charge in [0.25, 0.3) is 5.89 Å². The number of hydrogen-bond donors (Lipinski definition) is 1. The molecule has 0 aliphatic rings. The van der Waals surface area contributed by atoms with E-state index in [2.05, 4.69) is 34.3 Å². The van der Waals surface area contributed by atoms with Gasteiger partial charge in [0.1, 0.15) is 5.69 Å². The number of pyridine rings is 1. The summed E-state index contributed by atoms with van der Waals surface area (Å²) in [6.45, 7) is 6.68. The first-order valence-electron chi connectivity index (χ1n) is 5.65. The van der Waals surface area contributed by atoms with Crippen LogP contribution >= 0.6 is 0 Å². The summed E-state index contributed by atoms with van der Waals surface area (Å²) in [7, 11) is 0. The van der Waals surface area contributed by atoms with Crippen LogP contribution in [0.5, 0.6) is 0 Å². The van der Waals surface area contributed by atoms with Gasteiger partial charge in [-0.2, -0.15) is 4.98 Å². The summed E-state index contributed by atoms with van der Waals surface area (Å²) in [5, 5.41) is 7.14. The van der Waals surface area contributed by atoms with E-state index in [-0.39, 0.29) is 0 Å². The zero-order chi connectivity index (χ0) is 12.3. The monoisotopic (exact) mass is 232 g/mol. The van der Waals surface area contributed by atoms with E-state index in [4.69, 9.17) is 4.52 Å². The summed E-state index contributed by atoms with van der Waals surface area (Å²) in [6, 6.07) is 6.11. The summed E-state index contributed by atoms with van der Waals surface area (Å²) in [5.41, 5.74) is 1.65. The Kier molecular flexibility index (Phi) is 3.49. The molecule has 5 heteroatoms. The molecule has 1 N–H and O–H groups in total. The SMILES string of the molecule is Cc1cccc(-c2nc(CNC(C)C)no2)n1. The summed E-state index contributed by atoms with van der Waals surface area (Å²) >= 11 is 0. The molecule has 5 nitrogen and oxygen atoms in total. The van der Waals surface area contributed by atoms with Gasteiger partial charge in [-0.3, -0.25) is 0 Å². The molecule has 0 bridgehead atoms. The molecule has 0 fully saturated rings. The molecule has 2 heterocycles. The van der Waals surface area contributed by atoms with E-state index >= 15 is 0 Å². The Labute approximate surface area is 100 Å². The molecule has 0 amide bonds. The number of nitrogens with one attached hydrogen (secondary N) is 1. The maximum atomic E-state index is 5.17. The Morgan fingerprint density at radius 2 is 2.12 bits per heavy atom. The highest BCUT2D eigenvalue weighted by atomic mass is 16.5. The van der Waals surface area contributed by atoms with E-state index < -0.39 is 0 Å². The standard InChI is InChI=1S/C12H16N4O/c1-8(2)13-7-11-15-12(17-16-11)10-6-4-5-9(3)14-10/h4-6,8,13H,7H2,1-3H3. The summed E-state index contributed by atoms with van der Waals surface area (Å²) < 4.78 is 5.17. The molecule has 0 aliphatic heterocycles. The molecule has 2 rings (SSSR count). The van der Waals surface area contributed by atoms with Crippen LogP contribution in [-0.4, -0.2) is 21.2 Å². The lowest BCUT2D eigenvalue weighted by Crippen LogP contribution is -2.22. The zero-order valence-electron chi connectivity index (χ0n) is 10.3. The molecule has 90 valence electrons. The smallest absolute Gasteiger partial charge is 0.276 e. The van der Waals surface area contributed by atoms with E-state index in [9.17, 15) is 0 Å². The van der Waals surface area contributed by atoms with Crippen molar-refractivity contribution in [1.29, 1.82) is 0 Å². The molecule has 0 spiro atoms. The Bertz CT molecular complexity index is 493. The molecule has 0 aliphatic carbocycles. The fourth-order valence-corrected chi connectivity index (χ4v) is 1.39. The highest BCUT2D eigenvalue weighted by Gasteiger charge is 2.09. The van der Waals surface area contributed by atoms with Gasteiger partial charge < -0.3 is 9.84 Å². The van der Waals surface area contributed by atoms with Crippen molar-refractivity contribution in [2.24, 2.45) is 0 Å². The van der Waals surface area contributed by atoms with Crippen molar-refractivity contribution in [2.75, 3.05) is 0 Å². The van der Waals surface area contributed by atoms with Crippen LogP contribution in [0.2, 0.25) is 0 Å². The second-order valence-electron chi connectivity index (χ2n) is 4.22. The van der Waals surface area contributed by atoms with E-state index in [0.717, 1.165) is 5.69 Å². The number of rotatable bonds is 4. The van der Waals surface area contributed by atoms with E-state index in [1.54, 1.807) is 0 Å². The van der Waals surface area contributed by atoms with Crippen molar-refractivity contribution >= 4 is 0 Å². The Hall–Kier alpha value is -1.75. The third-order valence-electron chi connectivity index (χ3n) is 2.24. The van der Waals surface area contributed by atoms with Gasteiger partial charge in [0.15, 0.2) is 5.82 Å². The van der Waals surface area contributed by atoms with Gasteiger partial charge in [-0.1, -0.05) is 25.1 Å². The highest BCUT2D eigenvalue weighted by Crippen LogP contribution is 2.14. The van der Waals surface area contributed by atoms with Gasteiger partial charge in [0.2, 0.25) is 0 Å². The average molecular weight is 232 g/mol. The number of nitrogens with zero attached hydrogens (tertiary/aromatic N) is 3. The van der Waals surface area contributed by atoms with Crippen LogP contribution in [0.1, 0.15) is 25.4 Å². The van der Waals surface area contributed by atoms with Gasteiger partial charge in [-0.05, 0) is 19.1 Å². The van der Waals surface area contributed by atoms with Gasteiger partial charge in [0, 0.05) is 11.7 Å². The van der Waals surface area contributed by atoms with Crippen molar-refractivity contribution in [3.63, 3.8) is 0 Å². The first-order chi connectivity index (χ1) is 8.15. The van der Waals surface area contributed by atoms with E-state index in [1.807, 2.05) is 25.1 Å². The third kappa shape index (κ3) is 3.10. The van der Waals surface area contributed by atoms with Gasteiger partial charge in [0.05, 0.1) is 6.54 Å². The predicted octanol–water partition coefficient (Wildman–Crippen LogP) is 1.94. The lowest BCUT2D eigenvalue weighted by molar-refractivity contribution is 0.416. The third-order valence-corrected chi connectivity index (χ3v) is 2.24. The molecule has 2 aromatic rings.